The summed E-state index contributed by atoms with van der Waals surface area (Å²) in [7, 11) is 1.37. The summed E-state index contributed by atoms with van der Waals surface area (Å²) in [4.78, 5) is 28.0. The third kappa shape index (κ3) is 2.77. The number of urea groups is 1. The van der Waals surface area contributed by atoms with Crippen LogP contribution in [0.5, 0.6) is 0 Å². The summed E-state index contributed by atoms with van der Waals surface area (Å²) in [6.45, 7) is 1.22. The number of hydrogen-bond acceptors (Lipinski definition) is 6. The van der Waals surface area contributed by atoms with Crippen molar-refractivity contribution in [2.45, 2.75) is 42.3 Å². The van der Waals surface area contributed by atoms with Crippen LogP contribution in [0.1, 0.15) is 13.3 Å². The minimum atomic E-state index is -1.16. The molecule has 3 unspecified atom stereocenters. The van der Waals surface area contributed by atoms with E-state index in [1.54, 1.807) is 6.92 Å². The molecule has 2 fully saturated rings. The maximum Gasteiger partial charge on any atom is 0.328 e. The Kier molecular flexibility index (Phi) is 4.93. The summed E-state index contributed by atoms with van der Waals surface area (Å²) in [5.74, 6) is -0.524. The Bertz CT molecular complexity index is 523. The highest BCUT2D eigenvalue weighted by molar-refractivity contribution is 9.10. The van der Waals surface area contributed by atoms with Gasteiger partial charge in [0.05, 0.1) is 18.8 Å². The highest BCUT2D eigenvalue weighted by atomic mass is 79.9. The van der Waals surface area contributed by atoms with E-state index in [1.807, 2.05) is 0 Å². The van der Waals surface area contributed by atoms with Crippen LogP contribution in [0.2, 0.25) is 0 Å². The molecular formula is C11H16BrN5O5. The number of nitrogens with zero attached hydrogens (tertiary/aromatic N) is 4. The van der Waals surface area contributed by atoms with Gasteiger partial charge < -0.3 is 14.6 Å². The van der Waals surface area contributed by atoms with Gasteiger partial charge in [-0.3, -0.25) is 15.0 Å². The summed E-state index contributed by atoms with van der Waals surface area (Å²) < 4.78 is 9.71. The van der Waals surface area contributed by atoms with Gasteiger partial charge in [0.1, 0.15) is 10.6 Å². The molecule has 0 aromatic heterocycles. The number of carbonyl (C=O) groups excluding carboxylic acids is 2. The van der Waals surface area contributed by atoms with Crippen molar-refractivity contribution >= 4 is 27.9 Å². The van der Waals surface area contributed by atoms with Gasteiger partial charge in [0, 0.05) is 18.4 Å². The predicted molar refractivity (Wildman–Crippen MR) is 76.8 cm³/mol. The summed E-state index contributed by atoms with van der Waals surface area (Å²) in [6, 6.07) is -1.28. The maximum absolute atomic E-state index is 12.2. The van der Waals surface area contributed by atoms with Gasteiger partial charge in [-0.05, 0) is 12.5 Å². The molecule has 2 heterocycles. The Hall–Kier alpha value is -1.39. The van der Waals surface area contributed by atoms with Crippen molar-refractivity contribution < 1.29 is 24.2 Å². The van der Waals surface area contributed by atoms with Gasteiger partial charge in [0.15, 0.2) is 6.23 Å². The van der Waals surface area contributed by atoms with Crippen LogP contribution in [0.25, 0.3) is 10.4 Å². The molecular weight excluding hydrogens is 362 g/mol. The lowest BCUT2D eigenvalue weighted by molar-refractivity contribution is -0.153. The molecule has 11 heteroatoms. The second kappa shape index (κ2) is 6.39. The van der Waals surface area contributed by atoms with Gasteiger partial charge in [-0.25, -0.2) is 4.79 Å². The molecule has 0 aromatic carbocycles. The van der Waals surface area contributed by atoms with E-state index in [1.165, 1.54) is 12.0 Å². The smallest absolute Gasteiger partial charge is 0.328 e. The summed E-state index contributed by atoms with van der Waals surface area (Å²) >= 11 is 3.26. The van der Waals surface area contributed by atoms with Crippen LogP contribution in [-0.4, -0.2) is 64.6 Å². The maximum atomic E-state index is 12.2. The van der Waals surface area contributed by atoms with E-state index in [0.29, 0.717) is 0 Å². The van der Waals surface area contributed by atoms with Crippen molar-refractivity contribution in [1.82, 2.24) is 10.2 Å². The largest absolute Gasteiger partial charge is 0.394 e. The number of nitrogens with one attached hydrogen (secondary N) is 1. The third-order valence-corrected chi connectivity index (χ3v) is 4.48. The van der Waals surface area contributed by atoms with E-state index in [0.717, 1.165) is 0 Å². The average molecular weight is 378 g/mol. The van der Waals surface area contributed by atoms with Crippen LogP contribution < -0.4 is 5.32 Å². The third-order valence-electron chi connectivity index (χ3n) is 3.73. The van der Waals surface area contributed by atoms with Gasteiger partial charge in [-0.1, -0.05) is 21.0 Å². The number of aliphatic hydroxyl groups excluding tert-OH is 1. The number of rotatable bonds is 4. The molecule has 0 aliphatic carbocycles. The lowest BCUT2D eigenvalue weighted by Gasteiger charge is -2.44. The van der Waals surface area contributed by atoms with E-state index in [4.69, 9.17) is 15.0 Å². The monoisotopic (exact) mass is 377 g/mol. The molecule has 0 saturated carbocycles. The zero-order chi connectivity index (χ0) is 16.5. The Labute approximate surface area is 134 Å². The predicted octanol–water partition coefficient (Wildman–Crippen LogP) is 0.451. The fourth-order valence-corrected chi connectivity index (χ4v) is 3.13. The lowest BCUT2D eigenvalue weighted by atomic mass is 10.0. The van der Waals surface area contributed by atoms with Crippen LogP contribution in [-0.2, 0) is 14.3 Å². The number of carbonyl (C=O) groups is 2. The van der Waals surface area contributed by atoms with E-state index in [9.17, 15) is 14.7 Å². The molecule has 0 radical (unpaired) electrons. The number of halogens is 1. The first-order chi connectivity index (χ1) is 10.4. The van der Waals surface area contributed by atoms with Gasteiger partial charge in [0.2, 0.25) is 5.91 Å². The number of hydrogen-bond donors (Lipinski definition) is 2. The number of methoxy groups -OCH3 is 1. The van der Waals surface area contributed by atoms with E-state index >= 15 is 0 Å². The lowest BCUT2D eigenvalue weighted by Crippen LogP contribution is -2.69. The minimum Gasteiger partial charge on any atom is -0.394 e. The minimum absolute atomic E-state index is 0.194. The molecule has 10 nitrogen and oxygen atoms in total. The summed E-state index contributed by atoms with van der Waals surface area (Å²) in [6.07, 6.45) is -2.23. The van der Waals surface area contributed by atoms with Gasteiger partial charge in [-0.15, -0.1) is 0 Å². The Balaban J connectivity index is 2.28. The highest BCUT2D eigenvalue weighted by Gasteiger charge is 2.54. The average Bonchev–Trinajstić information content (AvgIpc) is 2.85. The van der Waals surface area contributed by atoms with E-state index in [-0.39, 0.29) is 13.0 Å². The molecule has 2 rings (SSSR count). The molecule has 2 N–H and O–H groups in total. The Morgan fingerprint density at radius 2 is 2.36 bits per heavy atom. The zero-order valence-corrected chi connectivity index (χ0v) is 13.6. The first-order valence-electron chi connectivity index (χ1n) is 6.52. The van der Waals surface area contributed by atoms with Gasteiger partial charge >= 0.3 is 6.03 Å². The van der Waals surface area contributed by atoms with E-state index < -0.39 is 40.9 Å². The first-order valence-corrected chi connectivity index (χ1v) is 7.32. The van der Waals surface area contributed by atoms with Crippen LogP contribution in [0.15, 0.2) is 5.11 Å². The Morgan fingerprint density at radius 1 is 1.68 bits per heavy atom. The van der Waals surface area contributed by atoms with Crippen molar-refractivity contribution in [3.8, 4) is 0 Å². The molecule has 2 saturated heterocycles. The fraction of sp³-hybridized carbons (Fsp3) is 0.818. The molecule has 2 aliphatic rings. The molecule has 5 atom stereocenters. The molecule has 3 amide bonds. The van der Waals surface area contributed by atoms with Gasteiger partial charge in [-0.2, -0.15) is 0 Å². The van der Waals surface area contributed by atoms with Crippen molar-refractivity contribution in [2.24, 2.45) is 5.11 Å². The normalized spacial score (nSPS) is 38.6. The topological polar surface area (TPSA) is 137 Å². The second-order valence-electron chi connectivity index (χ2n) is 5.15. The standard InChI is InChI=1S/C11H16BrN5O5/c1-11(12)8(19)14-10(20)17(9(11)21-2)7-3-5(15-16-13)6(4-18)22-7/h5-7,9,18H,3-4H2,1-2H3,(H,14,19,20)/t5?,6?,7?,9-,11+/m1/s1. The number of azide groups is 1. The molecule has 0 bridgehead atoms. The zero-order valence-electron chi connectivity index (χ0n) is 12.0. The fourth-order valence-electron chi connectivity index (χ4n) is 2.62. The Morgan fingerprint density at radius 3 is 2.91 bits per heavy atom. The van der Waals surface area contributed by atoms with Crippen molar-refractivity contribution in [2.75, 3.05) is 13.7 Å². The summed E-state index contributed by atoms with van der Waals surface area (Å²) in [5.41, 5.74) is 8.56. The van der Waals surface area contributed by atoms with Crippen LogP contribution in [0.3, 0.4) is 0 Å². The number of alkyl halides is 1. The SMILES string of the molecule is CO[C@H]1N(C2CC(N=[N+]=[N-])C(CO)O2)C(=O)NC(=O)[C@]1(C)Br. The quantitative estimate of drug-likeness (QED) is 0.317. The van der Waals surface area contributed by atoms with Gasteiger partial charge in [0.25, 0.3) is 0 Å². The summed E-state index contributed by atoms with van der Waals surface area (Å²) in [5, 5.41) is 15.1. The van der Waals surface area contributed by atoms with Crippen molar-refractivity contribution in [3.05, 3.63) is 10.4 Å². The molecule has 0 aromatic rings. The first kappa shape index (κ1) is 17.0. The molecule has 122 valence electrons. The number of imide groups is 1. The van der Waals surface area contributed by atoms with Crippen molar-refractivity contribution in [3.63, 3.8) is 0 Å². The van der Waals surface area contributed by atoms with Crippen LogP contribution in [0.4, 0.5) is 4.79 Å². The number of ether oxygens (including phenoxy) is 2. The van der Waals surface area contributed by atoms with Crippen LogP contribution in [0, 0.1) is 0 Å². The molecule has 0 spiro atoms. The highest BCUT2D eigenvalue weighted by Crippen LogP contribution is 2.35. The van der Waals surface area contributed by atoms with Crippen molar-refractivity contribution in [1.29, 1.82) is 0 Å². The number of amides is 3. The van der Waals surface area contributed by atoms with E-state index in [2.05, 4.69) is 31.3 Å². The molecule has 22 heavy (non-hydrogen) atoms. The molecule has 2 aliphatic heterocycles. The van der Waals surface area contributed by atoms with Crippen LogP contribution >= 0.6 is 15.9 Å². The number of aliphatic hydroxyl groups is 1. The second-order valence-corrected chi connectivity index (χ2v) is 6.80.